The monoisotopic (exact) mass is 428 g/mol. The highest BCUT2D eigenvalue weighted by Crippen LogP contribution is 2.31. The molecule has 1 atom stereocenters. The zero-order valence-corrected chi connectivity index (χ0v) is 17.3. The molecule has 1 aliphatic heterocycles. The highest BCUT2D eigenvalue weighted by molar-refractivity contribution is 7.07. The molecular formula is C21H17ClN2O4S. The molecule has 0 saturated heterocycles. The van der Waals surface area contributed by atoms with Gasteiger partial charge in [-0.1, -0.05) is 35.1 Å². The van der Waals surface area contributed by atoms with Crippen molar-refractivity contribution in [1.29, 1.82) is 0 Å². The molecule has 0 fully saturated rings. The van der Waals surface area contributed by atoms with Crippen molar-refractivity contribution in [3.05, 3.63) is 90.0 Å². The lowest BCUT2D eigenvalue weighted by Crippen LogP contribution is -2.39. The van der Waals surface area contributed by atoms with Crippen molar-refractivity contribution >= 4 is 35.0 Å². The number of allylic oxidation sites excluding steroid dienone is 1. The minimum atomic E-state index is -0.652. The first-order valence-corrected chi connectivity index (χ1v) is 10.2. The molecule has 4 rings (SSSR count). The molecule has 1 aromatic carbocycles. The molecule has 0 unspecified atom stereocenters. The lowest BCUT2D eigenvalue weighted by atomic mass is 9.96. The number of ether oxygens (including phenoxy) is 1. The fraction of sp³-hybridized carbons (Fsp3) is 0.190. The van der Waals surface area contributed by atoms with Crippen molar-refractivity contribution in [2.75, 3.05) is 6.61 Å². The van der Waals surface area contributed by atoms with Gasteiger partial charge in [0.25, 0.3) is 5.56 Å². The number of hydrogen-bond donors (Lipinski definition) is 0. The van der Waals surface area contributed by atoms with Gasteiger partial charge in [0.15, 0.2) is 4.80 Å². The summed E-state index contributed by atoms with van der Waals surface area (Å²) >= 11 is 7.29. The third kappa shape index (κ3) is 3.59. The van der Waals surface area contributed by atoms with E-state index in [9.17, 15) is 9.59 Å². The second-order valence-electron chi connectivity index (χ2n) is 6.37. The standard InChI is InChI=1S/C21H17ClN2O4S/c1-3-27-20(26)17-12(2)23-21-24(18(17)13-6-8-14(22)9-7-13)19(25)16(29-21)11-15-5-4-10-28-15/h4-11,18H,3H2,1-2H3/b16-11-/t18-/m1/s1. The molecule has 2 aromatic heterocycles. The minimum absolute atomic E-state index is 0.228. The highest BCUT2D eigenvalue weighted by atomic mass is 35.5. The summed E-state index contributed by atoms with van der Waals surface area (Å²) in [5.41, 5.74) is 1.36. The van der Waals surface area contributed by atoms with E-state index < -0.39 is 12.0 Å². The minimum Gasteiger partial charge on any atom is -0.465 e. The maximum Gasteiger partial charge on any atom is 0.338 e. The average molecular weight is 429 g/mol. The van der Waals surface area contributed by atoms with E-state index in [2.05, 4.69) is 4.99 Å². The van der Waals surface area contributed by atoms with Crippen molar-refractivity contribution in [1.82, 2.24) is 4.57 Å². The summed E-state index contributed by atoms with van der Waals surface area (Å²) in [5, 5.41) is 0.567. The lowest BCUT2D eigenvalue weighted by Gasteiger charge is -2.24. The van der Waals surface area contributed by atoms with Crippen LogP contribution in [0.4, 0.5) is 0 Å². The Labute approximate surface area is 175 Å². The predicted molar refractivity (Wildman–Crippen MR) is 111 cm³/mol. The van der Waals surface area contributed by atoms with Crippen molar-refractivity contribution in [2.45, 2.75) is 19.9 Å². The summed E-state index contributed by atoms with van der Waals surface area (Å²) in [5.74, 6) is 0.0775. The topological polar surface area (TPSA) is 73.8 Å². The lowest BCUT2D eigenvalue weighted by molar-refractivity contribution is -0.139. The van der Waals surface area contributed by atoms with E-state index in [1.165, 1.54) is 15.9 Å². The number of halogens is 1. The summed E-state index contributed by atoms with van der Waals surface area (Å²) in [6.45, 7) is 3.72. The maximum absolute atomic E-state index is 13.3. The smallest absolute Gasteiger partial charge is 0.338 e. The molecular weight excluding hydrogens is 412 g/mol. The van der Waals surface area contributed by atoms with Crippen LogP contribution in [0.25, 0.3) is 6.08 Å². The number of fused-ring (bicyclic) bond motifs is 1. The van der Waals surface area contributed by atoms with Gasteiger partial charge in [0, 0.05) is 11.1 Å². The fourth-order valence-electron chi connectivity index (χ4n) is 3.25. The van der Waals surface area contributed by atoms with E-state index in [0.717, 1.165) is 5.56 Å². The van der Waals surface area contributed by atoms with Crippen LogP contribution in [0.3, 0.4) is 0 Å². The molecule has 29 heavy (non-hydrogen) atoms. The summed E-state index contributed by atoms with van der Waals surface area (Å²) in [4.78, 5) is 31.0. The number of hydrogen-bond acceptors (Lipinski definition) is 6. The van der Waals surface area contributed by atoms with E-state index in [0.29, 0.717) is 31.4 Å². The van der Waals surface area contributed by atoms with Crippen LogP contribution in [-0.2, 0) is 9.53 Å². The molecule has 6 nitrogen and oxygen atoms in total. The zero-order chi connectivity index (χ0) is 20.5. The predicted octanol–water partition coefficient (Wildman–Crippen LogP) is 3.04. The van der Waals surface area contributed by atoms with Crippen LogP contribution >= 0.6 is 22.9 Å². The van der Waals surface area contributed by atoms with Gasteiger partial charge in [-0.3, -0.25) is 9.36 Å². The van der Waals surface area contributed by atoms with E-state index in [-0.39, 0.29) is 12.2 Å². The number of carbonyl (C=O) groups excluding carboxylic acids is 1. The zero-order valence-electron chi connectivity index (χ0n) is 15.7. The Morgan fingerprint density at radius 1 is 1.34 bits per heavy atom. The van der Waals surface area contributed by atoms with Crippen LogP contribution in [0.1, 0.15) is 31.2 Å². The third-order valence-corrected chi connectivity index (χ3v) is 5.75. The number of aromatic nitrogens is 1. The van der Waals surface area contributed by atoms with E-state index in [4.69, 9.17) is 20.8 Å². The van der Waals surface area contributed by atoms with Crippen LogP contribution in [0.15, 0.2) is 68.1 Å². The molecule has 148 valence electrons. The molecule has 0 radical (unpaired) electrons. The maximum atomic E-state index is 13.3. The van der Waals surface area contributed by atoms with Gasteiger partial charge in [-0.2, -0.15) is 0 Å². The van der Waals surface area contributed by atoms with Crippen LogP contribution in [0, 0.1) is 0 Å². The molecule has 3 heterocycles. The number of furan rings is 1. The van der Waals surface area contributed by atoms with Gasteiger partial charge in [0.1, 0.15) is 5.76 Å². The van der Waals surface area contributed by atoms with Crippen LogP contribution in [0.2, 0.25) is 5.02 Å². The van der Waals surface area contributed by atoms with Crippen LogP contribution in [0.5, 0.6) is 0 Å². The first kappa shape index (κ1) is 19.4. The number of thiazole rings is 1. The van der Waals surface area contributed by atoms with Gasteiger partial charge in [0.2, 0.25) is 0 Å². The van der Waals surface area contributed by atoms with Gasteiger partial charge >= 0.3 is 5.97 Å². The Bertz CT molecular complexity index is 1270. The third-order valence-electron chi connectivity index (χ3n) is 4.52. The number of carbonyl (C=O) groups is 1. The molecule has 8 heteroatoms. The highest BCUT2D eigenvalue weighted by Gasteiger charge is 2.33. The van der Waals surface area contributed by atoms with Crippen LogP contribution in [-0.4, -0.2) is 17.1 Å². The Morgan fingerprint density at radius 2 is 2.10 bits per heavy atom. The van der Waals surface area contributed by atoms with Crippen molar-refractivity contribution in [3.63, 3.8) is 0 Å². The van der Waals surface area contributed by atoms with Gasteiger partial charge in [-0.05, 0) is 43.7 Å². The molecule has 3 aromatic rings. The van der Waals surface area contributed by atoms with E-state index >= 15 is 0 Å². The molecule has 0 aliphatic carbocycles. The summed E-state index contributed by atoms with van der Waals surface area (Å²) in [6, 6.07) is 9.93. The summed E-state index contributed by atoms with van der Waals surface area (Å²) in [7, 11) is 0. The van der Waals surface area contributed by atoms with Gasteiger partial charge in [-0.15, -0.1) is 0 Å². The second kappa shape index (κ2) is 7.85. The summed E-state index contributed by atoms with van der Waals surface area (Å²) < 4.78 is 12.6. The number of benzene rings is 1. The molecule has 0 spiro atoms. The normalized spacial score (nSPS) is 16.5. The van der Waals surface area contributed by atoms with E-state index in [1.807, 2.05) is 0 Å². The molecule has 0 bridgehead atoms. The fourth-order valence-corrected chi connectivity index (χ4v) is 4.41. The molecule has 1 aliphatic rings. The van der Waals surface area contributed by atoms with E-state index in [1.54, 1.807) is 62.6 Å². The average Bonchev–Trinajstić information content (AvgIpc) is 3.30. The Hall–Kier alpha value is -2.90. The van der Waals surface area contributed by atoms with Gasteiger partial charge in [-0.25, -0.2) is 9.79 Å². The second-order valence-corrected chi connectivity index (χ2v) is 7.81. The Balaban J connectivity index is 1.97. The number of esters is 1. The first-order valence-electron chi connectivity index (χ1n) is 8.98. The Kier molecular flexibility index (Phi) is 5.25. The molecule has 0 saturated carbocycles. The van der Waals surface area contributed by atoms with Gasteiger partial charge in [0.05, 0.1) is 34.7 Å². The van der Waals surface area contributed by atoms with Crippen LogP contribution < -0.4 is 14.9 Å². The quantitative estimate of drug-likeness (QED) is 0.599. The Morgan fingerprint density at radius 3 is 2.76 bits per heavy atom. The number of nitrogens with zero attached hydrogens (tertiary/aromatic N) is 2. The summed E-state index contributed by atoms with van der Waals surface area (Å²) in [6.07, 6.45) is 3.22. The SMILES string of the molecule is CCOC(=O)C1=C(C)N=c2s/c(=C\c3ccco3)c(=O)n2[C@@H]1c1ccc(Cl)cc1. The number of rotatable bonds is 4. The van der Waals surface area contributed by atoms with Crippen molar-refractivity contribution in [3.8, 4) is 0 Å². The molecule has 0 N–H and O–H groups in total. The first-order chi connectivity index (χ1) is 14.0. The largest absolute Gasteiger partial charge is 0.465 e. The van der Waals surface area contributed by atoms with Crippen molar-refractivity contribution < 1.29 is 13.9 Å². The van der Waals surface area contributed by atoms with Gasteiger partial charge < -0.3 is 9.15 Å². The molecule has 0 amide bonds. The van der Waals surface area contributed by atoms with Crippen molar-refractivity contribution in [2.24, 2.45) is 4.99 Å².